The minimum Gasteiger partial charge on any atom is -0.394 e. The highest BCUT2D eigenvalue weighted by Crippen LogP contribution is 2.31. The summed E-state index contributed by atoms with van der Waals surface area (Å²) in [5.41, 5.74) is 0. The zero-order valence-corrected chi connectivity index (χ0v) is 26.9. The molecule has 6 atom stereocenters. The van der Waals surface area contributed by atoms with Crippen LogP contribution in [0.1, 0.15) is 64.2 Å². The van der Waals surface area contributed by atoms with E-state index >= 15 is 0 Å². The lowest BCUT2D eigenvalue weighted by molar-refractivity contribution is -0.133. The van der Waals surface area contributed by atoms with E-state index in [4.69, 9.17) is 34.0 Å². The van der Waals surface area contributed by atoms with Crippen molar-refractivity contribution < 1.29 is 37.3 Å². The monoisotopic (exact) mass is 629 g/mol. The Hall–Kier alpha value is -1.84. The quantitative estimate of drug-likeness (QED) is 0.266. The first-order valence-corrected chi connectivity index (χ1v) is 17.2. The number of amides is 1. The first-order chi connectivity index (χ1) is 20.7. The first-order valence-electron chi connectivity index (χ1n) is 15.7. The van der Waals surface area contributed by atoms with Gasteiger partial charge in [0, 0.05) is 40.7 Å². The molecule has 1 amide bonds. The molecule has 3 fully saturated rings. The van der Waals surface area contributed by atoms with Gasteiger partial charge >= 0.3 is 0 Å². The van der Waals surface area contributed by atoms with Gasteiger partial charge in [0.1, 0.15) is 6.10 Å². The Morgan fingerprint density at radius 1 is 0.930 bits per heavy atom. The molecule has 0 aromatic heterocycles. The van der Waals surface area contributed by atoms with E-state index in [2.05, 4.69) is 10.0 Å². The van der Waals surface area contributed by atoms with Crippen LogP contribution in [0, 0.1) is 5.92 Å². The van der Waals surface area contributed by atoms with Gasteiger partial charge in [-0.15, -0.1) is 0 Å². The fraction of sp³-hybridized carbons (Fsp3) is 0.897. The van der Waals surface area contributed by atoms with Gasteiger partial charge in [-0.25, -0.2) is 8.42 Å². The number of rotatable bonds is 12. The van der Waals surface area contributed by atoms with E-state index in [1.54, 1.807) is 33.2 Å². The van der Waals surface area contributed by atoms with Gasteiger partial charge in [0.2, 0.25) is 15.9 Å². The number of aliphatic imine (C=N–C) groups is 2. The van der Waals surface area contributed by atoms with Gasteiger partial charge in [-0.3, -0.25) is 19.5 Å². The van der Waals surface area contributed by atoms with Crippen LogP contribution in [0.3, 0.4) is 0 Å². The molecule has 43 heavy (non-hydrogen) atoms. The molecule has 3 N–H and O–H groups in total. The predicted octanol–water partition coefficient (Wildman–Crippen LogP) is 0.851. The predicted molar refractivity (Wildman–Crippen MR) is 163 cm³/mol. The molecular weight excluding hydrogens is 578 g/mol. The van der Waals surface area contributed by atoms with Gasteiger partial charge in [0.25, 0.3) is 0 Å². The fourth-order valence-electron chi connectivity index (χ4n) is 6.77. The van der Waals surface area contributed by atoms with Gasteiger partial charge in [-0.2, -0.15) is 0 Å². The van der Waals surface area contributed by atoms with Crippen LogP contribution in [0.5, 0.6) is 0 Å². The van der Waals surface area contributed by atoms with Crippen molar-refractivity contribution in [1.82, 2.24) is 14.9 Å². The van der Waals surface area contributed by atoms with Crippen molar-refractivity contribution in [2.45, 2.75) is 106 Å². The van der Waals surface area contributed by atoms with Gasteiger partial charge in [-0.1, -0.05) is 12.8 Å². The molecule has 4 rings (SSSR count). The fourth-order valence-corrected chi connectivity index (χ4v) is 8.25. The molecule has 0 radical (unpaired) electrons. The number of carbonyl (C=O) groups is 1. The van der Waals surface area contributed by atoms with Crippen LogP contribution in [0.25, 0.3) is 0 Å². The third-order valence-electron chi connectivity index (χ3n) is 9.16. The normalized spacial score (nSPS) is 33.1. The van der Waals surface area contributed by atoms with Crippen molar-refractivity contribution in [3.63, 3.8) is 0 Å². The lowest BCUT2D eigenvalue weighted by Gasteiger charge is -2.42. The SMILES string of the molecule is COC1CC(NC2=NC3CCCCC3N=C2NS(=O)(=O)C2CCC(C(=O)N(C)C)CC2)C(OCCOCCO)C(OC)C1. The Bertz CT molecular complexity index is 1080. The van der Waals surface area contributed by atoms with Crippen LogP contribution in [-0.4, -0.2) is 132 Å². The average Bonchev–Trinajstić information content (AvgIpc) is 3.00. The smallest absolute Gasteiger partial charge is 0.236 e. The lowest BCUT2D eigenvalue weighted by atomic mass is 9.87. The summed E-state index contributed by atoms with van der Waals surface area (Å²) >= 11 is 0. The lowest BCUT2D eigenvalue weighted by Crippen LogP contribution is -2.60. The van der Waals surface area contributed by atoms with Crippen molar-refractivity contribution in [1.29, 1.82) is 0 Å². The Balaban J connectivity index is 1.51. The highest BCUT2D eigenvalue weighted by molar-refractivity contribution is 7.90. The Morgan fingerprint density at radius 3 is 2.21 bits per heavy atom. The van der Waals surface area contributed by atoms with E-state index in [0.717, 1.165) is 25.7 Å². The second-order valence-electron chi connectivity index (χ2n) is 12.3. The molecule has 3 aliphatic carbocycles. The van der Waals surface area contributed by atoms with E-state index in [0.29, 0.717) is 57.6 Å². The largest absolute Gasteiger partial charge is 0.394 e. The van der Waals surface area contributed by atoms with Crippen LogP contribution in [0.15, 0.2) is 9.98 Å². The summed E-state index contributed by atoms with van der Waals surface area (Å²) < 4.78 is 53.4. The minimum atomic E-state index is -3.78. The summed E-state index contributed by atoms with van der Waals surface area (Å²) in [6, 6.07) is -0.364. The van der Waals surface area contributed by atoms with Crippen molar-refractivity contribution in [2.24, 2.45) is 15.9 Å². The number of carbonyl (C=O) groups excluding carboxylic acids is 1. The molecule has 0 bridgehead atoms. The highest BCUT2D eigenvalue weighted by Gasteiger charge is 2.42. The Labute approximate surface area is 256 Å². The van der Waals surface area contributed by atoms with Crippen LogP contribution in [-0.2, 0) is 33.8 Å². The van der Waals surface area contributed by atoms with Crippen molar-refractivity contribution in [3.05, 3.63) is 0 Å². The van der Waals surface area contributed by atoms with Crippen LogP contribution < -0.4 is 10.0 Å². The van der Waals surface area contributed by atoms with Crippen LogP contribution >= 0.6 is 0 Å². The van der Waals surface area contributed by atoms with E-state index in [-0.39, 0.29) is 67.3 Å². The number of hydrogen-bond donors (Lipinski definition) is 3. The van der Waals surface area contributed by atoms with Crippen LogP contribution in [0.2, 0.25) is 0 Å². The van der Waals surface area contributed by atoms with Crippen molar-refractivity contribution >= 4 is 27.6 Å². The third kappa shape index (κ3) is 8.88. The Morgan fingerprint density at radius 2 is 1.60 bits per heavy atom. The zero-order chi connectivity index (χ0) is 31.0. The summed E-state index contributed by atoms with van der Waals surface area (Å²) in [5, 5.41) is 11.9. The molecule has 4 aliphatic rings. The Kier molecular flexibility index (Phi) is 12.6. The highest BCUT2D eigenvalue weighted by atomic mass is 32.2. The van der Waals surface area contributed by atoms with E-state index in [1.165, 1.54) is 0 Å². The third-order valence-corrected chi connectivity index (χ3v) is 11.0. The molecule has 246 valence electrons. The molecule has 0 spiro atoms. The van der Waals surface area contributed by atoms with Gasteiger partial charge in [0.05, 0.1) is 62.0 Å². The topological polar surface area (TPSA) is 160 Å². The van der Waals surface area contributed by atoms with Gasteiger partial charge in [-0.05, 0) is 44.9 Å². The maximum absolute atomic E-state index is 13.7. The number of aliphatic hydroxyl groups is 1. The maximum Gasteiger partial charge on any atom is 0.236 e. The summed E-state index contributed by atoms with van der Waals surface area (Å²) in [4.78, 5) is 24.0. The molecule has 1 heterocycles. The van der Waals surface area contributed by atoms with Crippen molar-refractivity contribution in [3.8, 4) is 0 Å². The number of nitrogens with zero attached hydrogens (tertiary/aromatic N) is 3. The molecule has 13 nitrogen and oxygen atoms in total. The number of amidine groups is 2. The first kappa shape index (κ1) is 34.0. The second kappa shape index (κ2) is 15.9. The maximum atomic E-state index is 13.7. The van der Waals surface area contributed by atoms with Gasteiger partial charge < -0.3 is 34.3 Å². The molecule has 1 aliphatic heterocycles. The standard InChI is InChI=1S/C29H51N5O8S/c1-34(2)29(36)19-9-11-21(12-10-19)43(37,38)33-28-27(30-22-7-5-6-8-23(22)31-28)32-24-17-20(39-3)18-25(40-4)26(24)42-16-15-41-14-13-35/h19-26,35H,5-18H2,1-4H3,(H,30,32)(H,31,33). The molecule has 3 saturated carbocycles. The average molecular weight is 630 g/mol. The summed E-state index contributed by atoms with van der Waals surface area (Å²) in [6.45, 7) is 0.819. The number of hydrogen-bond acceptors (Lipinski definition) is 11. The number of fused-ring (bicyclic) bond motifs is 1. The summed E-state index contributed by atoms with van der Waals surface area (Å²) in [7, 11) is 3.01. The zero-order valence-electron chi connectivity index (χ0n) is 26.1. The van der Waals surface area contributed by atoms with Crippen LogP contribution in [0.4, 0.5) is 0 Å². The minimum absolute atomic E-state index is 0.0109. The number of sulfonamides is 1. The number of methoxy groups -OCH3 is 2. The molecular formula is C29H51N5O8S. The van der Waals surface area contributed by atoms with E-state index in [1.807, 2.05) is 0 Å². The van der Waals surface area contributed by atoms with E-state index < -0.39 is 15.3 Å². The second-order valence-corrected chi connectivity index (χ2v) is 14.2. The molecule has 14 heteroatoms. The summed E-state index contributed by atoms with van der Waals surface area (Å²) in [5.74, 6) is 0.573. The molecule has 0 saturated heterocycles. The number of ether oxygens (including phenoxy) is 4. The van der Waals surface area contributed by atoms with E-state index in [9.17, 15) is 13.2 Å². The molecule has 6 unspecified atom stereocenters. The summed E-state index contributed by atoms with van der Waals surface area (Å²) in [6.07, 6.45) is 6.31. The number of nitrogens with one attached hydrogen (secondary N) is 2. The van der Waals surface area contributed by atoms with Gasteiger partial charge in [0.15, 0.2) is 11.7 Å². The van der Waals surface area contributed by atoms with Crippen molar-refractivity contribution in [2.75, 3.05) is 54.7 Å². The molecule has 0 aromatic rings. The number of aliphatic hydroxyl groups excluding tert-OH is 1. The molecule has 0 aromatic carbocycles.